The number of fused-ring (bicyclic) bond motifs is 4. The maximum atomic E-state index is 4.88. The number of rotatable bonds is 0. The van der Waals surface area contributed by atoms with Crippen LogP contribution in [-0.2, 0) is 7.05 Å². The second-order valence-corrected chi connectivity index (χ2v) is 5.08. The molecule has 0 atom stereocenters. The fourth-order valence-corrected chi connectivity index (χ4v) is 2.90. The molecular formula is C17H14N2. The Morgan fingerprint density at radius 2 is 1.79 bits per heavy atom. The van der Waals surface area contributed by atoms with Crippen LogP contribution in [0.15, 0.2) is 48.5 Å². The fraction of sp³-hybridized carbons (Fsp3) is 0.118. The molecule has 0 bridgehead atoms. The maximum Gasteiger partial charge on any atom is 0.141 e. The third kappa shape index (κ3) is 1.34. The Morgan fingerprint density at radius 1 is 0.947 bits per heavy atom. The van der Waals surface area contributed by atoms with Gasteiger partial charge in [0.25, 0.3) is 0 Å². The van der Waals surface area contributed by atoms with E-state index in [2.05, 4.69) is 67.1 Å². The highest BCUT2D eigenvalue weighted by Crippen LogP contribution is 2.30. The first kappa shape index (κ1) is 10.6. The van der Waals surface area contributed by atoms with Crippen molar-refractivity contribution in [1.29, 1.82) is 0 Å². The summed E-state index contributed by atoms with van der Waals surface area (Å²) >= 11 is 0. The van der Waals surface area contributed by atoms with E-state index in [4.69, 9.17) is 4.98 Å². The molecule has 2 nitrogen and oxygen atoms in total. The van der Waals surface area contributed by atoms with E-state index >= 15 is 0 Å². The van der Waals surface area contributed by atoms with Gasteiger partial charge in [0.15, 0.2) is 0 Å². The minimum Gasteiger partial charge on any atom is -0.328 e. The van der Waals surface area contributed by atoms with Crippen molar-refractivity contribution >= 4 is 32.8 Å². The molecule has 0 amide bonds. The van der Waals surface area contributed by atoms with E-state index in [0.29, 0.717) is 0 Å². The Hall–Kier alpha value is -2.35. The van der Waals surface area contributed by atoms with Gasteiger partial charge in [0.1, 0.15) is 5.65 Å². The van der Waals surface area contributed by atoms with Gasteiger partial charge >= 0.3 is 0 Å². The molecule has 0 aliphatic carbocycles. The Bertz CT molecular complexity index is 932. The Morgan fingerprint density at radius 3 is 2.68 bits per heavy atom. The van der Waals surface area contributed by atoms with Crippen LogP contribution in [-0.4, -0.2) is 9.55 Å². The first-order chi connectivity index (χ1) is 9.25. The predicted molar refractivity (Wildman–Crippen MR) is 80.5 cm³/mol. The van der Waals surface area contributed by atoms with Crippen LogP contribution >= 0.6 is 0 Å². The Balaban J connectivity index is 2.32. The van der Waals surface area contributed by atoms with E-state index in [1.54, 1.807) is 0 Å². The number of para-hydroxylation sites is 2. The molecule has 4 rings (SSSR count). The van der Waals surface area contributed by atoms with Crippen LogP contribution < -0.4 is 0 Å². The summed E-state index contributed by atoms with van der Waals surface area (Å²) in [6.45, 7) is 2.11. The van der Waals surface area contributed by atoms with Crippen LogP contribution in [0.5, 0.6) is 0 Å². The topological polar surface area (TPSA) is 17.8 Å². The van der Waals surface area contributed by atoms with E-state index in [1.807, 2.05) is 0 Å². The van der Waals surface area contributed by atoms with Crippen molar-refractivity contribution in [1.82, 2.24) is 9.55 Å². The lowest BCUT2D eigenvalue weighted by Crippen LogP contribution is -1.91. The van der Waals surface area contributed by atoms with E-state index in [-0.39, 0.29) is 0 Å². The number of nitrogens with zero attached hydrogens (tertiary/aromatic N) is 2. The van der Waals surface area contributed by atoms with Crippen molar-refractivity contribution in [3.63, 3.8) is 0 Å². The zero-order chi connectivity index (χ0) is 13.0. The lowest BCUT2D eigenvalue weighted by atomic mass is 10.1. The van der Waals surface area contributed by atoms with Gasteiger partial charge in [-0.15, -0.1) is 0 Å². The number of aromatic nitrogens is 2. The molecule has 0 fully saturated rings. The van der Waals surface area contributed by atoms with Crippen molar-refractivity contribution in [2.75, 3.05) is 0 Å². The van der Waals surface area contributed by atoms with Crippen LogP contribution in [0.25, 0.3) is 32.8 Å². The quantitative estimate of drug-likeness (QED) is 0.455. The van der Waals surface area contributed by atoms with Gasteiger partial charge in [0.2, 0.25) is 0 Å². The molecule has 0 aliphatic rings. The molecule has 0 saturated carbocycles. The number of pyridine rings is 1. The Labute approximate surface area is 111 Å². The van der Waals surface area contributed by atoms with Gasteiger partial charge < -0.3 is 4.57 Å². The smallest absolute Gasteiger partial charge is 0.141 e. The van der Waals surface area contributed by atoms with Gasteiger partial charge in [0.05, 0.1) is 11.0 Å². The monoisotopic (exact) mass is 246 g/mol. The molecule has 0 unspecified atom stereocenters. The minimum absolute atomic E-state index is 1.06. The van der Waals surface area contributed by atoms with Gasteiger partial charge in [0, 0.05) is 23.2 Å². The average molecular weight is 246 g/mol. The predicted octanol–water partition coefficient (Wildman–Crippen LogP) is 4.19. The summed E-state index contributed by atoms with van der Waals surface area (Å²) in [7, 11) is 2.09. The highest BCUT2D eigenvalue weighted by atomic mass is 15.0. The zero-order valence-corrected chi connectivity index (χ0v) is 11.0. The molecule has 0 saturated heterocycles. The molecule has 2 heterocycles. The third-order valence-corrected chi connectivity index (χ3v) is 3.90. The molecule has 2 aromatic carbocycles. The average Bonchev–Trinajstić information content (AvgIpc) is 2.72. The fourth-order valence-electron chi connectivity index (χ4n) is 2.90. The van der Waals surface area contributed by atoms with E-state index < -0.39 is 0 Å². The van der Waals surface area contributed by atoms with E-state index in [1.165, 1.54) is 27.2 Å². The molecule has 0 N–H and O–H groups in total. The van der Waals surface area contributed by atoms with Crippen LogP contribution in [0.1, 0.15) is 5.56 Å². The normalized spacial score (nSPS) is 11.7. The molecule has 0 aliphatic heterocycles. The largest absolute Gasteiger partial charge is 0.328 e. The number of aryl methyl sites for hydroxylation is 2. The lowest BCUT2D eigenvalue weighted by Gasteiger charge is -2.02. The van der Waals surface area contributed by atoms with Crippen molar-refractivity contribution in [3.05, 3.63) is 54.1 Å². The van der Waals surface area contributed by atoms with Crippen LogP contribution in [0.3, 0.4) is 0 Å². The van der Waals surface area contributed by atoms with Gasteiger partial charge in [-0.05, 0) is 24.6 Å². The van der Waals surface area contributed by atoms with Crippen LogP contribution in [0.2, 0.25) is 0 Å². The van der Waals surface area contributed by atoms with Gasteiger partial charge in [-0.1, -0.05) is 36.4 Å². The molecule has 19 heavy (non-hydrogen) atoms. The van der Waals surface area contributed by atoms with Crippen molar-refractivity contribution in [2.45, 2.75) is 6.92 Å². The van der Waals surface area contributed by atoms with E-state index in [0.717, 1.165) is 11.2 Å². The van der Waals surface area contributed by atoms with Crippen LogP contribution in [0, 0.1) is 6.92 Å². The summed E-state index contributed by atoms with van der Waals surface area (Å²) in [5.41, 5.74) is 4.62. The van der Waals surface area contributed by atoms with Gasteiger partial charge in [-0.3, -0.25) is 0 Å². The van der Waals surface area contributed by atoms with E-state index in [9.17, 15) is 0 Å². The molecule has 92 valence electrons. The molecule has 2 aromatic heterocycles. The molecular weight excluding hydrogens is 232 g/mol. The first-order valence-corrected chi connectivity index (χ1v) is 6.49. The SMILES string of the molecule is Cc1cccc2cc3c4ccccc4n(C)c3nc12. The molecule has 4 aromatic rings. The van der Waals surface area contributed by atoms with Crippen molar-refractivity contribution < 1.29 is 0 Å². The molecule has 0 radical (unpaired) electrons. The second-order valence-electron chi connectivity index (χ2n) is 5.08. The Kier molecular flexibility index (Phi) is 1.99. The molecule has 2 heteroatoms. The summed E-state index contributed by atoms with van der Waals surface area (Å²) in [4.78, 5) is 4.88. The van der Waals surface area contributed by atoms with Gasteiger partial charge in [-0.2, -0.15) is 0 Å². The summed E-state index contributed by atoms with van der Waals surface area (Å²) in [6.07, 6.45) is 0. The zero-order valence-electron chi connectivity index (χ0n) is 11.0. The third-order valence-electron chi connectivity index (χ3n) is 3.90. The summed E-state index contributed by atoms with van der Waals surface area (Å²) in [6, 6.07) is 17.1. The lowest BCUT2D eigenvalue weighted by molar-refractivity contribution is 0.994. The minimum atomic E-state index is 1.06. The highest BCUT2D eigenvalue weighted by Gasteiger charge is 2.10. The second kappa shape index (κ2) is 3.58. The number of hydrogen-bond acceptors (Lipinski definition) is 1. The van der Waals surface area contributed by atoms with Crippen molar-refractivity contribution in [2.24, 2.45) is 7.05 Å². The van der Waals surface area contributed by atoms with Crippen LogP contribution in [0.4, 0.5) is 0 Å². The molecule has 0 spiro atoms. The summed E-state index contributed by atoms with van der Waals surface area (Å²) < 4.78 is 2.18. The highest BCUT2D eigenvalue weighted by molar-refractivity contribution is 6.10. The number of hydrogen-bond donors (Lipinski definition) is 0. The maximum absolute atomic E-state index is 4.88. The summed E-state index contributed by atoms with van der Waals surface area (Å²) in [5.74, 6) is 0. The standard InChI is InChI=1S/C17H14N2/c1-11-6-5-7-12-10-14-13-8-3-4-9-15(13)19(2)17(14)18-16(11)12/h3-10H,1-2H3. The van der Waals surface area contributed by atoms with Crippen molar-refractivity contribution in [3.8, 4) is 0 Å². The van der Waals surface area contributed by atoms with Gasteiger partial charge in [-0.25, -0.2) is 4.98 Å². The summed E-state index contributed by atoms with van der Waals surface area (Å²) in [5, 5.41) is 3.72. The first-order valence-electron chi connectivity index (χ1n) is 6.49. The number of benzene rings is 2.